The SMILES string of the molecule is COc1cccc(CCNC(=O)c2ccn(-c3ccccc3F)n2)c1. The first kappa shape index (κ1) is 16.7. The second kappa shape index (κ2) is 7.61. The van der Waals surface area contributed by atoms with Gasteiger partial charge in [-0.05, 0) is 42.3 Å². The highest BCUT2D eigenvalue weighted by atomic mass is 19.1. The van der Waals surface area contributed by atoms with Gasteiger partial charge in [0.05, 0.1) is 7.11 Å². The molecular weight excluding hydrogens is 321 g/mol. The number of ether oxygens (including phenoxy) is 1. The number of carbonyl (C=O) groups excluding carboxylic acids is 1. The van der Waals surface area contributed by atoms with E-state index in [1.165, 1.54) is 10.7 Å². The van der Waals surface area contributed by atoms with Crippen molar-refractivity contribution >= 4 is 5.91 Å². The third kappa shape index (κ3) is 4.03. The molecule has 0 aliphatic carbocycles. The van der Waals surface area contributed by atoms with E-state index in [9.17, 15) is 9.18 Å². The van der Waals surface area contributed by atoms with Crippen molar-refractivity contribution in [1.29, 1.82) is 0 Å². The van der Waals surface area contributed by atoms with E-state index in [2.05, 4.69) is 10.4 Å². The van der Waals surface area contributed by atoms with Gasteiger partial charge in [0.1, 0.15) is 17.3 Å². The Labute approximate surface area is 145 Å². The minimum Gasteiger partial charge on any atom is -0.497 e. The number of aromatic nitrogens is 2. The Bertz CT molecular complexity index is 876. The van der Waals surface area contributed by atoms with Crippen LogP contribution in [0.2, 0.25) is 0 Å². The highest BCUT2D eigenvalue weighted by Gasteiger charge is 2.11. The average molecular weight is 339 g/mol. The fourth-order valence-corrected chi connectivity index (χ4v) is 2.46. The number of para-hydroxylation sites is 1. The van der Waals surface area contributed by atoms with Crippen molar-refractivity contribution in [2.24, 2.45) is 0 Å². The largest absolute Gasteiger partial charge is 0.497 e. The van der Waals surface area contributed by atoms with Crippen LogP contribution in [0.15, 0.2) is 60.8 Å². The summed E-state index contributed by atoms with van der Waals surface area (Å²) in [6.07, 6.45) is 2.24. The molecule has 128 valence electrons. The Hall–Kier alpha value is -3.15. The summed E-state index contributed by atoms with van der Waals surface area (Å²) in [7, 11) is 1.62. The van der Waals surface area contributed by atoms with Gasteiger partial charge in [-0.2, -0.15) is 5.10 Å². The maximum absolute atomic E-state index is 13.8. The molecule has 1 N–H and O–H groups in total. The van der Waals surface area contributed by atoms with Gasteiger partial charge in [0, 0.05) is 12.7 Å². The monoisotopic (exact) mass is 339 g/mol. The Morgan fingerprint density at radius 3 is 2.84 bits per heavy atom. The van der Waals surface area contributed by atoms with Crippen LogP contribution in [0.4, 0.5) is 4.39 Å². The number of halogens is 1. The normalized spacial score (nSPS) is 10.5. The van der Waals surface area contributed by atoms with Gasteiger partial charge >= 0.3 is 0 Å². The zero-order chi connectivity index (χ0) is 17.6. The van der Waals surface area contributed by atoms with Crippen LogP contribution in [0.25, 0.3) is 5.69 Å². The predicted molar refractivity (Wildman–Crippen MR) is 92.6 cm³/mol. The number of hydrogen-bond acceptors (Lipinski definition) is 3. The van der Waals surface area contributed by atoms with E-state index in [1.54, 1.807) is 37.6 Å². The number of amides is 1. The maximum atomic E-state index is 13.8. The van der Waals surface area contributed by atoms with Crippen LogP contribution >= 0.6 is 0 Å². The zero-order valence-corrected chi connectivity index (χ0v) is 13.8. The standard InChI is InChI=1S/C19H18FN3O2/c1-25-15-6-4-5-14(13-15)9-11-21-19(24)17-10-12-23(22-17)18-8-3-2-7-16(18)20/h2-8,10,12-13H,9,11H2,1H3,(H,21,24). The molecule has 25 heavy (non-hydrogen) atoms. The topological polar surface area (TPSA) is 56.1 Å². The molecule has 0 radical (unpaired) electrons. The van der Waals surface area contributed by atoms with Gasteiger partial charge in [-0.1, -0.05) is 24.3 Å². The summed E-state index contributed by atoms with van der Waals surface area (Å²) in [6.45, 7) is 0.471. The number of benzene rings is 2. The number of carbonyl (C=O) groups is 1. The zero-order valence-electron chi connectivity index (χ0n) is 13.8. The van der Waals surface area contributed by atoms with Crippen LogP contribution in [0.5, 0.6) is 5.75 Å². The number of hydrogen-bond donors (Lipinski definition) is 1. The Kier molecular flexibility index (Phi) is 5.09. The van der Waals surface area contributed by atoms with E-state index in [-0.39, 0.29) is 11.6 Å². The molecule has 2 aromatic carbocycles. The van der Waals surface area contributed by atoms with Crippen molar-refractivity contribution < 1.29 is 13.9 Å². The molecule has 0 spiro atoms. The van der Waals surface area contributed by atoms with Crippen molar-refractivity contribution in [3.63, 3.8) is 0 Å². The quantitative estimate of drug-likeness (QED) is 0.751. The first-order chi connectivity index (χ1) is 12.2. The minimum atomic E-state index is -0.393. The molecule has 1 amide bonds. The molecule has 0 unspecified atom stereocenters. The first-order valence-corrected chi connectivity index (χ1v) is 7.89. The molecule has 0 saturated heterocycles. The number of nitrogens with one attached hydrogen (secondary N) is 1. The number of rotatable bonds is 6. The van der Waals surface area contributed by atoms with Crippen LogP contribution < -0.4 is 10.1 Å². The third-order valence-electron chi connectivity index (χ3n) is 3.75. The van der Waals surface area contributed by atoms with Crippen LogP contribution in [0, 0.1) is 5.82 Å². The molecule has 0 bridgehead atoms. The number of nitrogens with zero attached hydrogens (tertiary/aromatic N) is 2. The fraction of sp³-hybridized carbons (Fsp3) is 0.158. The lowest BCUT2D eigenvalue weighted by molar-refractivity contribution is 0.0948. The van der Waals surface area contributed by atoms with Crippen LogP contribution in [-0.4, -0.2) is 29.3 Å². The molecule has 6 heteroatoms. The smallest absolute Gasteiger partial charge is 0.271 e. The number of methoxy groups -OCH3 is 1. The highest BCUT2D eigenvalue weighted by molar-refractivity contribution is 5.92. The van der Waals surface area contributed by atoms with Crippen LogP contribution in [0.1, 0.15) is 16.1 Å². The van der Waals surface area contributed by atoms with E-state index in [0.29, 0.717) is 18.7 Å². The second-order valence-corrected chi connectivity index (χ2v) is 5.45. The van der Waals surface area contributed by atoms with E-state index >= 15 is 0 Å². The Balaban J connectivity index is 1.60. The molecule has 1 heterocycles. The van der Waals surface area contributed by atoms with Crippen molar-refractivity contribution in [2.45, 2.75) is 6.42 Å². The third-order valence-corrected chi connectivity index (χ3v) is 3.75. The highest BCUT2D eigenvalue weighted by Crippen LogP contribution is 2.13. The van der Waals surface area contributed by atoms with Crippen molar-refractivity contribution in [2.75, 3.05) is 13.7 Å². The molecule has 5 nitrogen and oxygen atoms in total. The average Bonchev–Trinajstić information content (AvgIpc) is 3.12. The predicted octanol–water partition coefficient (Wildman–Crippen LogP) is 2.99. The van der Waals surface area contributed by atoms with E-state index in [0.717, 1.165) is 11.3 Å². The van der Waals surface area contributed by atoms with Gasteiger partial charge in [-0.15, -0.1) is 0 Å². The van der Waals surface area contributed by atoms with Gasteiger partial charge < -0.3 is 10.1 Å². The van der Waals surface area contributed by atoms with E-state index in [1.807, 2.05) is 24.3 Å². The molecule has 1 aromatic heterocycles. The van der Waals surface area contributed by atoms with Crippen molar-refractivity contribution in [3.05, 3.63) is 77.9 Å². The summed E-state index contributed by atoms with van der Waals surface area (Å²) >= 11 is 0. The van der Waals surface area contributed by atoms with Gasteiger partial charge in [0.15, 0.2) is 5.69 Å². The van der Waals surface area contributed by atoms with Gasteiger partial charge in [-0.3, -0.25) is 4.79 Å². The van der Waals surface area contributed by atoms with Crippen molar-refractivity contribution in [3.8, 4) is 11.4 Å². The Morgan fingerprint density at radius 1 is 1.20 bits per heavy atom. The van der Waals surface area contributed by atoms with Gasteiger partial charge in [-0.25, -0.2) is 9.07 Å². The maximum Gasteiger partial charge on any atom is 0.271 e. The molecule has 3 rings (SSSR count). The van der Waals surface area contributed by atoms with Crippen LogP contribution in [0.3, 0.4) is 0 Å². The summed E-state index contributed by atoms with van der Waals surface area (Å²) in [5.41, 5.74) is 1.61. The Morgan fingerprint density at radius 2 is 2.04 bits per heavy atom. The van der Waals surface area contributed by atoms with Gasteiger partial charge in [0.2, 0.25) is 0 Å². The first-order valence-electron chi connectivity index (χ1n) is 7.89. The lowest BCUT2D eigenvalue weighted by Gasteiger charge is -2.06. The van der Waals surface area contributed by atoms with Crippen LogP contribution in [-0.2, 0) is 6.42 Å². The summed E-state index contributed by atoms with van der Waals surface area (Å²) < 4.78 is 20.3. The molecule has 0 saturated carbocycles. The summed E-state index contributed by atoms with van der Waals surface area (Å²) in [4.78, 5) is 12.2. The molecular formula is C19H18FN3O2. The van der Waals surface area contributed by atoms with Gasteiger partial charge in [0.25, 0.3) is 5.91 Å². The summed E-state index contributed by atoms with van der Waals surface area (Å²) in [5.74, 6) is 0.0982. The lowest BCUT2D eigenvalue weighted by atomic mass is 10.1. The van der Waals surface area contributed by atoms with E-state index < -0.39 is 5.82 Å². The summed E-state index contributed by atoms with van der Waals surface area (Å²) in [5, 5.41) is 6.95. The molecule has 0 aliphatic heterocycles. The molecule has 0 atom stereocenters. The lowest BCUT2D eigenvalue weighted by Crippen LogP contribution is -2.26. The minimum absolute atomic E-state index is 0.244. The molecule has 0 fully saturated rings. The second-order valence-electron chi connectivity index (χ2n) is 5.45. The molecule has 0 aliphatic rings. The molecule has 3 aromatic rings. The van der Waals surface area contributed by atoms with Crippen molar-refractivity contribution in [1.82, 2.24) is 15.1 Å². The fourth-order valence-electron chi connectivity index (χ4n) is 2.46. The van der Waals surface area contributed by atoms with E-state index in [4.69, 9.17) is 4.74 Å². The summed E-state index contributed by atoms with van der Waals surface area (Å²) in [6, 6.07) is 15.5.